The first-order chi connectivity index (χ1) is 4.85. The summed E-state index contributed by atoms with van der Waals surface area (Å²) >= 11 is -0.433. The molecular weight excluding hydrogens is 156 g/mol. The predicted molar refractivity (Wildman–Crippen MR) is 49.4 cm³/mol. The van der Waals surface area contributed by atoms with Gasteiger partial charge in [-0.2, -0.15) is 4.21 Å². The SMILES string of the molecule is C=CC(=[CH][Mg][Cl])CCCC. The lowest BCUT2D eigenvalue weighted by Gasteiger charge is -1.97. The molecule has 0 unspecified atom stereocenters. The second kappa shape index (κ2) is 7.64. The number of unbranched alkanes of at least 4 members (excludes halogenated alkanes) is 1. The summed E-state index contributed by atoms with van der Waals surface area (Å²) in [6, 6.07) is 0. The van der Waals surface area contributed by atoms with Crippen LogP contribution in [0, 0.1) is 0 Å². The molecule has 0 atom stereocenters. The summed E-state index contributed by atoms with van der Waals surface area (Å²) in [4.78, 5) is 0. The van der Waals surface area contributed by atoms with Crippen molar-refractivity contribution in [3.05, 3.63) is 22.4 Å². The van der Waals surface area contributed by atoms with Gasteiger partial charge in [-0.1, -0.05) is 31.6 Å². The first-order valence-electron chi connectivity index (χ1n) is 3.72. The third-order valence-corrected chi connectivity index (χ3v) is 2.56. The molecule has 10 heavy (non-hydrogen) atoms. The van der Waals surface area contributed by atoms with Gasteiger partial charge in [-0.3, -0.25) is 0 Å². The van der Waals surface area contributed by atoms with Gasteiger partial charge < -0.3 is 9.07 Å². The van der Waals surface area contributed by atoms with Crippen molar-refractivity contribution >= 4 is 28.3 Å². The largest absolute Gasteiger partial charge is 0.531 e. The number of allylic oxidation sites excluding steroid dienone is 2. The first kappa shape index (κ1) is 10.5. The summed E-state index contributed by atoms with van der Waals surface area (Å²) in [7, 11) is 5.67. The van der Waals surface area contributed by atoms with E-state index in [1.54, 1.807) is 0 Å². The topological polar surface area (TPSA) is 0 Å². The smallest absolute Gasteiger partial charge is 0.336 e. The Labute approximate surface area is 76.8 Å². The second-order valence-corrected chi connectivity index (χ2v) is 3.88. The Morgan fingerprint density at radius 1 is 1.70 bits per heavy atom. The van der Waals surface area contributed by atoms with Gasteiger partial charge in [0.1, 0.15) is 0 Å². The third-order valence-electron chi connectivity index (χ3n) is 1.42. The summed E-state index contributed by atoms with van der Waals surface area (Å²) in [5.74, 6) is 0. The minimum Gasteiger partial charge on any atom is -0.336 e. The predicted octanol–water partition coefficient (Wildman–Crippen LogP) is 3.10. The van der Waals surface area contributed by atoms with Crippen LogP contribution in [0.3, 0.4) is 0 Å². The molecule has 0 radical (unpaired) electrons. The van der Waals surface area contributed by atoms with Crippen molar-refractivity contribution in [1.29, 1.82) is 0 Å². The zero-order valence-electron chi connectivity index (χ0n) is 6.57. The fourth-order valence-corrected chi connectivity index (χ4v) is 1.93. The van der Waals surface area contributed by atoms with E-state index < -0.39 is 19.3 Å². The monoisotopic (exact) mass is 168 g/mol. The zero-order valence-corrected chi connectivity index (χ0v) is 8.74. The fraction of sp³-hybridized carbons (Fsp3) is 0.500. The van der Waals surface area contributed by atoms with Crippen LogP contribution >= 0.6 is 9.07 Å². The second-order valence-electron chi connectivity index (χ2n) is 2.24. The highest BCUT2D eigenvalue weighted by Gasteiger charge is 1.90. The van der Waals surface area contributed by atoms with E-state index >= 15 is 0 Å². The Bertz CT molecular complexity index is 118. The van der Waals surface area contributed by atoms with Crippen LogP contribution in [0.4, 0.5) is 0 Å². The molecule has 0 aliphatic heterocycles. The molecule has 0 fully saturated rings. The van der Waals surface area contributed by atoms with Crippen LogP contribution in [0.5, 0.6) is 0 Å². The molecule has 0 aliphatic rings. The van der Waals surface area contributed by atoms with Crippen molar-refractivity contribution in [2.45, 2.75) is 26.2 Å². The lowest BCUT2D eigenvalue weighted by Crippen LogP contribution is -1.80. The van der Waals surface area contributed by atoms with Crippen LogP contribution in [0.15, 0.2) is 22.4 Å². The average Bonchev–Trinajstić information content (AvgIpc) is 1.98. The van der Waals surface area contributed by atoms with E-state index in [0.29, 0.717) is 0 Å². The quantitative estimate of drug-likeness (QED) is 0.438. The van der Waals surface area contributed by atoms with Gasteiger partial charge in [0.05, 0.1) is 0 Å². The molecule has 0 rings (SSSR count). The van der Waals surface area contributed by atoms with E-state index in [1.165, 1.54) is 18.4 Å². The van der Waals surface area contributed by atoms with Gasteiger partial charge in [-0.25, -0.2) is 0 Å². The van der Waals surface area contributed by atoms with E-state index in [1.807, 2.05) is 6.08 Å². The fourth-order valence-electron chi connectivity index (χ4n) is 0.767. The minimum atomic E-state index is -0.433. The number of hydrogen-bond donors (Lipinski definition) is 0. The van der Waals surface area contributed by atoms with E-state index in [2.05, 4.69) is 17.7 Å². The van der Waals surface area contributed by atoms with E-state index in [-0.39, 0.29) is 0 Å². The molecule has 0 aromatic rings. The van der Waals surface area contributed by atoms with Crippen molar-refractivity contribution in [3.8, 4) is 0 Å². The molecule has 2 heteroatoms. The van der Waals surface area contributed by atoms with Gasteiger partial charge in [0, 0.05) is 0 Å². The average molecular weight is 169 g/mol. The third kappa shape index (κ3) is 5.33. The van der Waals surface area contributed by atoms with Gasteiger partial charge in [0.2, 0.25) is 0 Å². The molecule has 0 bridgehead atoms. The molecular formula is C8H13ClMg. The Morgan fingerprint density at radius 2 is 2.40 bits per heavy atom. The summed E-state index contributed by atoms with van der Waals surface area (Å²) in [5.41, 5.74) is 1.34. The molecule has 0 aromatic heterocycles. The number of halogens is 1. The molecule has 0 N–H and O–H groups in total. The minimum absolute atomic E-state index is 0.433. The maximum Gasteiger partial charge on any atom is 0.531 e. The van der Waals surface area contributed by atoms with Crippen molar-refractivity contribution in [1.82, 2.24) is 0 Å². The maximum absolute atomic E-state index is 5.67. The summed E-state index contributed by atoms with van der Waals surface area (Å²) < 4.78 is 2.16. The highest BCUT2D eigenvalue weighted by molar-refractivity contribution is 6.96. The summed E-state index contributed by atoms with van der Waals surface area (Å²) in [6.07, 6.45) is 5.57. The van der Waals surface area contributed by atoms with E-state index in [4.69, 9.17) is 9.07 Å². The molecule has 0 aromatic carbocycles. The Balaban J connectivity index is 3.60. The summed E-state index contributed by atoms with van der Waals surface area (Å²) in [6.45, 7) is 5.92. The molecule has 0 nitrogen and oxygen atoms in total. The first-order valence-corrected chi connectivity index (χ1v) is 6.68. The molecule has 0 saturated carbocycles. The molecule has 54 valence electrons. The Kier molecular flexibility index (Phi) is 8.05. The van der Waals surface area contributed by atoms with E-state index in [0.717, 1.165) is 6.42 Å². The van der Waals surface area contributed by atoms with Gasteiger partial charge in [-0.15, -0.1) is 0 Å². The van der Waals surface area contributed by atoms with Crippen LogP contribution in [0.1, 0.15) is 26.2 Å². The Hall–Kier alpha value is 0.536. The van der Waals surface area contributed by atoms with Crippen molar-refractivity contribution in [2.75, 3.05) is 0 Å². The lowest BCUT2D eigenvalue weighted by molar-refractivity contribution is 0.799. The van der Waals surface area contributed by atoms with Crippen molar-refractivity contribution in [3.63, 3.8) is 0 Å². The Morgan fingerprint density at radius 3 is 2.80 bits per heavy atom. The summed E-state index contributed by atoms with van der Waals surface area (Å²) in [5, 5.41) is 0. The zero-order chi connectivity index (χ0) is 7.82. The highest BCUT2D eigenvalue weighted by Crippen LogP contribution is 2.07. The van der Waals surface area contributed by atoms with Crippen molar-refractivity contribution in [2.24, 2.45) is 0 Å². The lowest BCUT2D eigenvalue weighted by atomic mass is 10.1. The molecule has 0 spiro atoms. The van der Waals surface area contributed by atoms with Gasteiger partial charge in [0.25, 0.3) is 0 Å². The van der Waals surface area contributed by atoms with Gasteiger partial charge in [-0.05, 0) is 12.8 Å². The number of hydrogen-bond acceptors (Lipinski definition) is 0. The standard InChI is InChI=1S/C8H13.ClH.Mg/c1-4-6-7-8(3)5-2;;/h3,5H,2,4,6-7H2,1H3;1H;/q;;+1/p-1. The van der Waals surface area contributed by atoms with Crippen LogP contribution < -0.4 is 0 Å². The van der Waals surface area contributed by atoms with Crippen molar-refractivity contribution < 1.29 is 0 Å². The normalized spacial score (nSPS) is 10.8. The van der Waals surface area contributed by atoms with Crippen LogP contribution in [-0.4, -0.2) is 19.3 Å². The number of rotatable bonds is 5. The maximum atomic E-state index is 5.67. The molecule has 0 saturated heterocycles. The molecule has 0 aliphatic carbocycles. The van der Waals surface area contributed by atoms with E-state index in [9.17, 15) is 0 Å². The highest BCUT2D eigenvalue weighted by atomic mass is 35.5. The van der Waals surface area contributed by atoms with Crippen LogP contribution in [0.25, 0.3) is 0 Å². The van der Waals surface area contributed by atoms with Crippen LogP contribution in [-0.2, 0) is 0 Å². The van der Waals surface area contributed by atoms with Crippen LogP contribution in [0.2, 0.25) is 0 Å². The molecule has 0 heterocycles. The molecule has 0 amide bonds. The van der Waals surface area contributed by atoms with Gasteiger partial charge in [0.15, 0.2) is 0 Å². The van der Waals surface area contributed by atoms with Gasteiger partial charge >= 0.3 is 19.3 Å².